The second-order valence-corrected chi connectivity index (χ2v) is 10.7. The van der Waals surface area contributed by atoms with Gasteiger partial charge in [-0.2, -0.15) is 0 Å². The van der Waals surface area contributed by atoms with Gasteiger partial charge in [-0.15, -0.1) is 11.8 Å². The van der Waals surface area contributed by atoms with Crippen LogP contribution in [-0.4, -0.2) is 34.1 Å². The van der Waals surface area contributed by atoms with Crippen molar-refractivity contribution in [3.63, 3.8) is 0 Å². The number of alkyl carbamates (subject to hydrolysis) is 1. The van der Waals surface area contributed by atoms with E-state index in [4.69, 9.17) is 4.74 Å². The van der Waals surface area contributed by atoms with Crippen LogP contribution in [0.1, 0.15) is 44.4 Å². The first-order valence-electron chi connectivity index (χ1n) is 11.2. The second kappa shape index (κ2) is 10.8. The first kappa shape index (κ1) is 25.4. The fourth-order valence-corrected chi connectivity index (χ4v) is 5.58. The average molecular weight is 478 g/mol. The molecule has 5 nitrogen and oxygen atoms in total. The van der Waals surface area contributed by atoms with Crippen LogP contribution in [0.2, 0.25) is 0 Å². The van der Waals surface area contributed by atoms with Crippen molar-refractivity contribution in [1.29, 1.82) is 0 Å². The van der Waals surface area contributed by atoms with E-state index in [2.05, 4.69) is 41.7 Å². The number of nitrogens with one attached hydrogen (secondary N) is 1. The van der Waals surface area contributed by atoms with Gasteiger partial charge in [0.2, 0.25) is 0 Å². The molecule has 0 aliphatic heterocycles. The molecular formula is C28H31NO4S. The Kier molecular flexibility index (Phi) is 8.05. The Bertz CT molecular complexity index is 985. The molecule has 34 heavy (non-hydrogen) atoms. The summed E-state index contributed by atoms with van der Waals surface area (Å²) in [6.07, 6.45) is -0.753. The lowest BCUT2D eigenvalue weighted by Crippen LogP contribution is -2.49. The minimum Gasteiger partial charge on any atom is -0.480 e. The summed E-state index contributed by atoms with van der Waals surface area (Å²) in [4.78, 5) is 24.7. The number of carboxylic acids is 1. The van der Waals surface area contributed by atoms with Crippen molar-refractivity contribution in [2.45, 2.75) is 49.3 Å². The number of aliphatic carboxylic acids is 1. The number of benzene rings is 3. The van der Waals surface area contributed by atoms with Crippen molar-refractivity contribution in [2.24, 2.45) is 0 Å². The van der Waals surface area contributed by atoms with Crippen molar-refractivity contribution < 1.29 is 19.4 Å². The Labute approximate surface area is 205 Å². The summed E-state index contributed by atoms with van der Waals surface area (Å²) >= 11 is 1.50. The molecule has 0 bridgehead atoms. The van der Waals surface area contributed by atoms with E-state index in [0.717, 1.165) is 16.7 Å². The molecule has 178 valence electrons. The van der Waals surface area contributed by atoms with Crippen LogP contribution in [0.5, 0.6) is 0 Å². The predicted octanol–water partition coefficient (Wildman–Crippen LogP) is 6.08. The van der Waals surface area contributed by atoms with Gasteiger partial charge in [0.25, 0.3) is 0 Å². The number of carboxylic acid groups (broad SMARTS) is 1. The average Bonchev–Trinajstić information content (AvgIpc) is 2.81. The zero-order valence-electron chi connectivity index (χ0n) is 19.9. The molecule has 0 radical (unpaired) electrons. The van der Waals surface area contributed by atoms with E-state index in [1.165, 1.54) is 11.8 Å². The Morgan fingerprint density at radius 3 is 1.50 bits per heavy atom. The molecule has 3 aromatic rings. The molecule has 6 heteroatoms. The lowest BCUT2D eigenvalue weighted by Gasteiger charge is -2.38. The molecule has 1 unspecified atom stereocenters. The molecule has 1 amide bonds. The van der Waals surface area contributed by atoms with Crippen LogP contribution >= 0.6 is 11.8 Å². The number of rotatable bonds is 8. The number of hydrogen-bond acceptors (Lipinski definition) is 4. The van der Waals surface area contributed by atoms with Crippen LogP contribution in [0.15, 0.2) is 91.0 Å². The Hall–Kier alpha value is -3.25. The number of carbonyl (C=O) groups excluding carboxylic acids is 1. The van der Waals surface area contributed by atoms with E-state index >= 15 is 0 Å². The van der Waals surface area contributed by atoms with Gasteiger partial charge in [-0.25, -0.2) is 9.59 Å². The largest absolute Gasteiger partial charge is 0.480 e. The molecule has 3 rings (SSSR count). The van der Waals surface area contributed by atoms with Crippen LogP contribution in [0, 0.1) is 0 Å². The molecule has 0 saturated heterocycles. The topological polar surface area (TPSA) is 75.6 Å². The minimum absolute atomic E-state index is 0.509. The Balaban J connectivity index is 2.10. The van der Waals surface area contributed by atoms with Gasteiger partial charge < -0.3 is 15.2 Å². The number of thioether (sulfide) groups is 1. The summed E-state index contributed by atoms with van der Waals surface area (Å²) in [5.41, 5.74) is 2.33. The maximum atomic E-state index is 12.4. The van der Waals surface area contributed by atoms with Crippen LogP contribution in [0.3, 0.4) is 0 Å². The second-order valence-electron chi connectivity index (χ2n) is 9.06. The number of amides is 1. The molecule has 2 N–H and O–H groups in total. The maximum absolute atomic E-state index is 12.4. The summed E-state index contributed by atoms with van der Waals surface area (Å²) in [6, 6.07) is 28.9. The summed E-state index contributed by atoms with van der Waals surface area (Å²) in [6.45, 7) is 7.05. The van der Waals surface area contributed by atoms with E-state index in [0.29, 0.717) is 0 Å². The highest BCUT2D eigenvalue weighted by Crippen LogP contribution is 2.50. The minimum atomic E-state index is -1.16. The smallest absolute Gasteiger partial charge is 0.408 e. The van der Waals surface area contributed by atoms with Gasteiger partial charge in [0, 0.05) is 5.25 Å². The van der Waals surface area contributed by atoms with Crippen molar-refractivity contribution in [3.05, 3.63) is 108 Å². The zero-order valence-corrected chi connectivity index (χ0v) is 20.7. The predicted molar refractivity (Wildman–Crippen MR) is 137 cm³/mol. The lowest BCUT2D eigenvalue weighted by molar-refractivity contribution is -0.139. The first-order valence-corrected chi connectivity index (χ1v) is 12.1. The van der Waals surface area contributed by atoms with Gasteiger partial charge in [-0.05, 0) is 37.5 Å². The van der Waals surface area contributed by atoms with Gasteiger partial charge in [0.1, 0.15) is 11.6 Å². The third-order valence-corrected chi connectivity index (χ3v) is 7.02. The van der Waals surface area contributed by atoms with Gasteiger partial charge >= 0.3 is 12.1 Å². The van der Waals surface area contributed by atoms with E-state index in [1.54, 1.807) is 20.8 Å². The maximum Gasteiger partial charge on any atom is 0.408 e. The fourth-order valence-electron chi connectivity index (χ4n) is 3.88. The molecule has 0 heterocycles. The normalized spacial score (nSPS) is 13.5. The van der Waals surface area contributed by atoms with Gasteiger partial charge in [-0.1, -0.05) is 97.9 Å². The summed E-state index contributed by atoms with van der Waals surface area (Å²) in [5, 5.41) is 12.1. The van der Waals surface area contributed by atoms with E-state index in [9.17, 15) is 14.7 Å². The fraction of sp³-hybridized carbons (Fsp3) is 0.286. The van der Waals surface area contributed by atoms with Gasteiger partial charge in [-0.3, -0.25) is 0 Å². The van der Waals surface area contributed by atoms with E-state index in [1.807, 2.05) is 61.5 Å². The highest BCUT2D eigenvalue weighted by atomic mass is 32.2. The van der Waals surface area contributed by atoms with Crippen molar-refractivity contribution in [1.82, 2.24) is 5.32 Å². The number of hydrogen-bond donors (Lipinski definition) is 2. The monoisotopic (exact) mass is 477 g/mol. The number of ether oxygens (including phenoxy) is 1. The number of carbonyl (C=O) groups is 2. The molecule has 0 aliphatic carbocycles. The van der Waals surface area contributed by atoms with Crippen LogP contribution in [0.4, 0.5) is 4.79 Å². The van der Waals surface area contributed by atoms with Crippen molar-refractivity contribution >= 4 is 23.8 Å². The Morgan fingerprint density at radius 2 is 1.18 bits per heavy atom. The SMILES string of the molecule is CC(SC(c1ccccc1)(c1ccccc1)c1ccccc1)[C@H](NC(=O)OC(C)(C)C)C(=O)O. The van der Waals surface area contributed by atoms with Crippen molar-refractivity contribution in [2.75, 3.05) is 0 Å². The molecule has 0 saturated carbocycles. The third kappa shape index (κ3) is 6.00. The van der Waals surface area contributed by atoms with E-state index in [-0.39, 0.29) is 0 Å². The summed E-state index contributed by atoms with van der Waals surface area (Å²) in [5.74, 6) is -1.12. The molecular weight excluding hydrogens is 446 g/mol. The van der Waals surface area contributed by atoms with Crippen LogP contribution < -0.4 is 5.32 Å². The first-order chi connectivity index (χ1) is 16.1. The van der Waals surface area contributed by atoms with Crippen molar-refractivity contribution in [3.8, 4) is 0 Å². The molecule has 0 aliphatic rings. The summed E-state index contributed by atoms with van der Waals surface area (Å²) in [7, 11) is 0. The highest BCUT2D eigenvalue weighted by Gasteiger charge is 2.42. The van der Waals surface area contributed by atoms with Crippen LogP contribution in [-0.2, 0) is 14.3 Å². The molecule has 0 aromatic heterocycles. The zero-order chi connectivity index (χ0) is 24.8. The third-order valence-electron chi connectivity index (χ3n) is 5.31. The highest BCUT2D eigenvalue weighted by molar-refractivity contribution is 8.01. The van der Waals surface area contributed by atoms with Gasteiger partial charge in [0.15, 0.2) is 0 Å². The molecule has 0 spiro atoms. The lowest BCUT2D eigenvalue weighted by atomic mass is 9.84. The van der Waals surface area contributed by atoms with Gasteiger partial charge in [0.05, 0.1) is 4.75 Å². The molecule has 0 fully saturated rings. The summed E-state index contributed by atoms with van der Waals surface area (Å²) < 4.78 is 4.63. The quantitative estimate of drug-likeness (QED) is 0.385. The standard InChI is InChI=1S/C28H31NO4S/c1-20(24(25(30)31)29-26(32)33-27(2,3)4)34-28(21-14-8-5-9-15-21,22-16-10-6-11-17-22)23-18-12-7-13-19-23/h5-20,24H,1-4H3,(H,29,32)(H,30,31)/t20?,24-/m0/s1. The van der Waals surface area contributed by atoms with E-state index < -0.39 is 33.7 Å². The molecule has 2 atom stereocenters. The van der Waals surface area contributed by atoms with Crippen LogP contribution in [0.25, 0.3) is 0 Å². The molecule has 3 aromatic carbocycles. The Morgan fingerprint density at radius 1 is 0.794 bits per heavy atom.